The molecular weight excluding hydrogens is 285 g/mol. The SMILES string of the molecule is Cc1cc(S(=O)(=O)NCC(C)(C)C)cc(C(=O)O)c1F. The third kappa shape index (κ3) is 4.01. The molecule has 1 aromatic rings. The molecule has 0 bridgehead atoms. The first-order valence-corrected chi connectivity index (χ1v) is 7.45. The summed E-state index contributed by atoms with van der Waals surface area (Å²) in [6.45, 7) is 7.08. The van der Waals surface area contributed by atoms with Crippen LogP contribution in [0.1, 0.15) is 36.7 Å². The molecule has 0 aliphatic carbocycles. The van der Waals surface area contributed by atoms with Crippen LogP contribution in [0.3, 0.4) is 0 Å². The minimum Gasteiger partial charge on any atom is -0.478 e. The summed E-state index contributed by atoms with van der Waals surface area (Å²) in [6, 6.07) is 1.95. The highest BCUT2D eigenvalue weighted by Crippen LogP contribution is 2.20. The molecule has 0 heterocycles. The second-order valence-corrected chi connectivity index (χ2v) is 7.56. The smallest absolute Gasteiger partial charge is 0.338 e. The number of halogens is 1. The number of aromatic carboxylic acids is 1. The number of rotatable bonds is 4. The van der Waals surface area contributed by atoms with Gasteiger partial charge in [0.05, 0.1) is 10.5 Å². The predicted molar refractivity (Wildman–Crippen MR) is 72.7 cm³/mol. The van der Waals surface area contributed by atoms with Crippen LogP contribution in [-0.2, 0) is 10.0 Å². The average Bonchev–Trinajstić information content (AvgIpc) is 2.28. The minimum absolute atomic E-state index is 0.0268. The summed E-state index contributed by atoms with van der Waals surface area (Å²) in [7, 11) is -3.87. The van der Waals surface area contributed by atoms with Gasteiger partial charge < -0.3 is 5.11 Å². The lowest BCUT2D eigenvalue weighted by atomic mass is 9.98. The summed E-state index contributed by atoms with van der Waals surface area (Å²) >= 11 is 0. The molecule has 112 valence electrons. The fourth-order valence-electron chi connectivity index (χ4n) is 1.44. The molecule has 0 fully saturated rings. The van der Waals surface area contributed by atoms with Gasteiger partial charge in [-0.15, -0.1) is 0 Å². The van der Waals surface area contributed by atoms with Crippen LogP contribution in [0.15, 0.2) is 17.0 Å². The Morgan fingerprint density at radius 2 is 1.90 bits per heavy atom. The van der Waals surface area contributed by atoms with Gasteiger partial charge in [-0.1, -0.05) is 20.8 Å². The molecule has 7 heteroatoms. The summed E-state index contributed by atoms with van der Waals surface area (Å²) in [5.74, 6) is -2.43. The zero-order valence-corrected chi connectivity index (χ0v) is 12.6. The van der Waals surface area contributed by atoms with E-state index in [1.165, 1.54) is 6.92 Å². The number of benzene rings is 1. The highest BCUT2D eigenvalue weighted by molar-refractivity contribution is 7.89. The van der Waals surface area contributed by atoms with Gasteiger partial charge in [-0.3, -0.25) is 0 Å². The minimum atomic E-state index is -3.87. The topological polar surface area (TPSA) is 83.5 Å². The third-order valence-electron chi connectivity index (χ3n) is 2.56. The van der Waals surface area contributed by atoms with Crippen molar-refractivity contribution in [3.63, 3.8) is 0 Å². The van der Waals surface area contributed by atoms with Crippen LogP contribution in [-0.4, -0.2) is 26.0 Å². The summed E-state index contributed by atoms with van der Waals surface area (Å²) in [5, 5.41) is 8.88. The number of sulfonamides is 1. The lowest BCUT2D eigenvalue weighted by molar-refractivity contribution is 0.0691. The first kappa shape index (κ1) is 16.6. The van der Waals surface area contributed by atoms with Crippen LogP contribution in [0.4, 0.5) is 4.39 Å². The maximum Gasteiger partial charge on any atom is 0.338 e. The molecule has 0 saturated heterocycles. The summed E-state index contributed by atoms with van der Waals surface area (Å²) in [6.07, 6.45) is 0. The fraction of sp³-hybridized carbons (Fsp3) is 0.462. The van der Waals surface area contributed by atoms with Crippen molar-refractivity contribution in [1.82, 2.24) is 4.72 Å². The maximum absolute atomic E-state index is 13.6. The van der Waals surface area contributed by atoms with E-state index < -0.39 is 27.4 Å². The molecule has 0 unspecified atom stereocenters. The van der Waals surface area contributed by atoms with E-state index in [2.05, 4.69) is 4.72 Å². The standard InChI is InChI=1S/C13H18FNO4S/c1-8-5-9(6-10(11(8)14)12(16)17)20(18,19)15-7-13(2,3)4/h5-6,15H,7H2,1-4H3,(H,16,17). The Balaban J connectivity index is 3.23. The Bertz CT molecular complexity index is 633. The number of carboxylic acid groups (broad SMARTS) is 1. The van der Waals surface area contributed by atoms with Crippen molar-refractivity contribution >= 4 is 16.0 Å². The molecule has 0 atom stereocenters. The van der Waals surface area contributed by atoms with E-state index in [-0.39, 0.29) is 22.4 Å². The highest BCUT2D eigenvalue weighted by atomic mass is 32.2. The summed E-state index contributed by atoms with van der Waals surface area (Å²) in [5.41, 5.74) is -0.945. The van der Waals surface area contributed by atoms with Crippen molar-refractivity contribution in [2.45, 2.75) is 32.6 Å². The Morgan fingerprint density at radius 3 is 2.35 bits per heavy atom. The Hall–Kier alpha value is -1.47. The van der Waals surface area contributed by atoms with E-state index in [4.69, 9.17) is 5.11 Å². The molecule has 1 aromatic carbocycles. The monoisotopic (exact) mass is 303 g/mol. The van der Waals surface area contributed by atoms with Gasteiger partial charge in [-0.2, -0.15) is 0 Å². The van der Waals surface area contributed by atoms with Gasteiger partial charge in [-0.05, 0) is 30.0 Å². The average molecular weight is 303 g/mol. The highest BCUT2D eigenvalue weighted by Gasteiger charge is 2.22. The summed E-state index contributed by atoms with van der Waals surface area (Å²) in [4.78, 5) is 10.7. The van der Waals surface area contributed by atoms with Crippen molar-refractivity contribution in [3.8, 4) is 0 Å². The van der Waals surface area contributed by atoms with Gasteiger partial charge >= 0.3 is 5.97 Å². The molecule has 5 nitrogen and oxygen atoms in total. The number of aryl methyl sites for hydroxylation is 1. The van der Waals surface area contributed by atoms with Gasteiger partial charge in [0.2, 0.25) is 10.0 Å². The second kappa shape index (κ2) is 5.49. The number of hydrogen-bond acceptors (Lipinski definition) is 3. The Morgan fingerprint density at radius 1 is 1.35 bits per heavy atom. The molecular formula is C13H18FNO4S. The summed E-state index contributed by atoms with van der Waals surface area (Å²) < 4.78 is 40.2. The third-order valence-corrected chi connectivity index (χ3v) is 3.94. The number of carboxylic acids is 1. The van der Waals surface area contributed by atoms with Crippen LogP contribution in [0.5, 0.6) is 0 Å². The van der Waals surface area contributed by atoms with Gasteiger partial charge in [-0.25, -0.2) is 22.3 Å². The fourth-order valence-corrected chi connectivity index (χ4v) is 2.84. The van der Waals surface area contributed by atoms with Gasteiger partial charge in [0, 0.05) is 6.54 Å². The lowest BCUT2D eigenvalue weighted by Crippen LogP contribution is -2.32. The van der Waals surface area contributed by atoms with E-state index in [1.807, 2.05) is 20.8 Å². The number of hydrogen-bond donors (Lipinski definition) is 2. The van der Waals surface area contributed by atoms with Crippen LogP contribution in [0.25, 0.3) is 0 Å². The molecule has 0 radical (unpaired) electrons. The zero-order valence-electron chi connectivity index (χ0n) is 11.8. The van der Waals surface area contributed by atoms with E-state index in [9.17, 15) is 17.6 Å². The van der Waals surface area contributed by atoms with Crippen molar-refractivity contribution in [1.29, 1.82) is 0 Å². The van der Waals surface area contributed by atoms with E-state index in [0.717, 1.165) is 12.1 Å². The molecule has 20 heavy (non-hydrogen) atoms. The molecule has 1 rings (SSSR count). The van der Waals surface area contributed by atoms with Crippen LogP contribution in [0, 0.1) is 18.2 Å². The molecule has 2 N–H and O–H groups in total. The Labute approximate surface area is 117 Å². The molecule has 0 aliphatic heterocycles. The largest absolute Gasteiger partial charge is 0.478 e. The first-order valence-electron chi connectivity index (χ1n) is 5.97. The van der Waals surface area contributed by atoms with Crippen LogP contribution >= 0.6 is 0 Å². The second-order valence-electron chi connectivity index (χ2n) is 5.79. The molecule has 0 spiro atoms. The molecule has 0 amide bonds. The molecule has 0 saturated carbocycles. The zero-order chi connectivity index (χ0) is 15.7. The first-order chi connectivity index (χ1) is 8.94. The molecule has 0 aromatic heterocycles. The quantitative estimate of drug-likeness (QED) is 0.892. The number of nitrogens with one attached hydrogen (secondary N) is 1. The van der Waals surface area contributed by atoms with Crippen molar-refractivity contribution in [2.75, 3.05) is 6.54 Å². The van der Waals surface area contributed by atoms with Crippen molar-refractivity contribution in [3.05, 3.63) is 29.1 Å². The normalized spacial score (nSPS) is 12.4. The van der Waals surface area contributed by atoms with Crippen LogP contribution in [0.2, 0.25) is 0 Å². The predicted octanol–water partition coefficient (Wildman–Crippen LogP) is 2.16. The van der Waals surface area contributed by atoms with E-state index in [1.54, 1.807) is 0 Å². The lowest BCUT2D eigenvalue weighted by Gasteiger charge is -2.19. The van der Waals surface area contributed by atoms with Gasteiger partial charge in [0.25, 0.3) is 0 Å². The molecule has 0 aliphatic rings. The van der Waals surface area contributed by atoms with Gasteiger partial charge in [0.1, 0.15) is 5.82 Å². The van der Waals surface area contributed by atoms with Crippen molar-refractivity contribution in [2.24, 2.45) is 5.41 Å². The van der Waals surface area contributed by atoms with Crippen LogP contribution < -0.4 is 4.72 Å². The maximum atomic E-state index is 13.6. The van der Waals surface area contributed by atoms with Crippen molar-refractivity contribution < 1.29 is 22.7 Å². The van der Waals surface area contributed by atoms with E-state index in [0.29, 0.717) is 0 Å². The number of carbonyl (C=O) groups is 1. The van der Waals surface area contributed by atoms with E-state index >= 15 is 0 Å². The Kier molecular flexibility index (Phi) is 4.55. The van der Waals surface area contributed by atoms with Gasteiger partial charge in [0.15, 0.2) is 0 Å².